The maximum absolute atomic E-state index is 6.25. The van der Waals surface area contributed by atoms with Crippen LogP contribution in [-0.2, 0) is 12.0 Å². The van der Waals surface area contributed by atoms with Crippen molar-refractivity contribution in [2.75, 3.05) is 31.3 Å². The standard InChI is InChI=1S/C27H23N3O4/c1-17-28-26(34-29-17)19-6-4-5-18(11-19)14-30-15-27(20-7-2-3-8-22(20)30)16-33-23-13-25-24(12-21(23)27)31-9-10-32-25/h2-8,11-13H,9-10,14-16H2,1H3. The third-order valence-electron chi connectivity index (χ3n) is 6.93. The first-order valence-corrected chi connectivity index (χ1v) is 11.5. The number of ether oxygens (including phenoxy) is 3. The summed E-state index contributed by atoms with van der Waals surface area (Å²) >= 11 is 0. The fourth-order valence-corrected chi connectivity index (χ4v) is 5.42. The molecular formula is C27H23N3O4. The lowest BCUT2D eigenvalue weighted by atomic mass is 9.77. The van der Waals surface area contributed by atoms with E-state index in [2.05, 4.69) is 57.5 Å². The second kappa shape index (κ2) is 7.25. The summed E-state index contributed by atoms with van der Waals surface area (Å²) < 4.78 is 23.3. The van der Waals surface area contributed by atoms with Crippen LogP contribution in [0.4, 0.5) is 5.69 Å². The molecule has 0 radical (unpaired) electrons. The molecule has 0 saturated carbocycles. The van der Waals surface area contributed by atoms with Crippen molar-refractivity contribution in [1.82, 2.24) is 10.1 Å². The van der Waals surface area contributed by atoms with E-state index >= 15 is 0 Å². The first kappa shape index (κ1) is 19.5. The lowest BCUT2D eigenvalue weighted by Gasteiger charge is -2.26. The van der Waals surface area contributed by atoms with Crippen LogP contribution >= 0.6 is 0 Å². The van der Waals surface area contributed by atoms with E-state index in [0.29, 0.717) is 31.5 Å². The van der Waals surface area contributed by atoms with Gasteiger partial charge in [-0.3, -0.25) is 0 Å². The average Bonchev–Trinajstić information content (AvgIpc) is 3.55. The molecule has 0 saturated heterocycles. The Morgan fingerprint density at radius 1 is 0.882 bits per heavy atom. The summed E-state index contributed by atoms with van der Waals surface area (Å²) in [6, 6.07) is 21.1. The van der Waals surface area contributed by atoms with Crippen LogP contribution in [0.5, 0.6) is 17.2 Å². The van der Waals surface area contributed by atoms with Crippen molar-refractivity contribution in [2.45, 2.75) is 18.9 Å². The van der Waals surface area contributed by atoms with Crippen molar-refractivity contribution in [3.63, 3.8) is 0 Å². The topological polar surface area (TPSA) is 69.9 Å². The van der Waals surface area contributed by atoms with Gasteiger partial charge in [0.1, 0.15) is 25.6 Å². The number of nitrogens with zero attached hydrogens (tertiary/aromatic N) is 3. The van der Waals surface area contributed by atoms with Gasteiger partial charge in [-0.2, -0.15) is 4.98 Å². The van der Waals surface area contributed by atoms with Crippen LogP contribution in [-0.4, -0.2) is 36.5 Å². The number of hydrogen-bond acceptors (Lipinski definition) is 7. The molecule has 1 atom stereocenters. The Morgan fingerprint density at radius 2 is 1.74 bits per heavy atom. The molecule has 4 heterocycles. The number of aromatic nitrogens is 2. The third-order valence-corrected chi connectivity index (χ3v) is 6.93. The Balaban J connectivity index is 1.26. The number of benzene rings is 3. The molecule has 7 rings (SSSR count). The number of fused-ring (bicyclic) bond motifs is 5. The fourth-order valence-electron chi connectivity index (χ4n) is 5.42. The van der Waals surface area contributed by atoms with Crippen molar-refractivity contribution < 1.29 is 18.7 Å². The number of aryl methyl sites for hydroxylation is 1. The van der Waals surface area contributed by atoms with Gasteiger partial charge in [0, 0.05) is 36.0 Å². The molecule has 0 bridgehead atoms. The molecule has 7 nitrogen and oxygen atoms in total. The first-order chi connectivity index (χ1) is 16.7. The molecule has 0 aliphatic carbocycles. The largest absolute Gasteiger partial charge is 0.492 e. The molecule has 4 aromatic rings. The molecular weight excluding hydrogens is 430 g/mol. The lowest BCUT2D eigenvalue weighted by molar-refractivity contribution is 0.171. The maximum atomic E-state index is 6.25. The van der Waals surface area contributed by atoms with Gasteiger partial charge >= 0.3 is 0 Å². The van der Waals surface area contributed by atoms with Crippen LogP contribution in [0.15, 0.2) is 65.2 Å². The van der Waals surface area contributed by atoms with Gasteiger partial charge in [0.25, 0.3) is 5.89 Å². The van der Waals surface area contributed by atoms with Crippen molar-refractivity contribution >= 4 is 5.69 Å². The first-order valence-electron chi connectivity index (χ1n) is 11.5. The predicted molar refractivity (Wildman–Crippen MR) is 126 cm³/mol. The van der Waals surface area contributed by atoms with Crippen LogP contribution in [0.1, 0.15) is 22.5 Å². The van der Waals surface area contributed by atoms with E-state index in [0.717, 1.165) is 35.9 Å². The summed E-state index contributed by atoms with van der Waals surface area (Å²) in [5.41, 5.74) is 5.55. The van der Waals surface area contributed by atoms with E-state index in [9.17, 15) is 0 Å². The maximum Gasteiger partial charge on any atom is 0.257 e. The van der Waals surface area contributed by atoms with Crippen molar-refractivity contribution in [3.05, 3.63) is 83.2 Å². The smallest absolute Gasteiger partial charge is 0.257 e. The second-order valence-electron chi connectivity index (χ2n) is 9.08. The van der Waals surface area contributed by atoms with Gasteiger partial charge in [-0.15, -0.1) is 0 Å². The van der Waals surface area contributed by atoms with Gasteiger partial charge in [-0.1, -0.05) is 35.5 Å². The van der Waals surface area contributed by atoms with E-state index < -0.39 is 0 Å². The van der Waals surface area contributed by atoms with E-state index in [1.165, 1.54) is 22.4 Å². The van der Waals surface area contributed by atoms with Gasteiger partial charge in [0.15, 0.2) is 17.3 Å². The lowest BCUT2D eigenvalue weighted by Crippen LogP contribution is -2.36. The van der Waals surface area contributed by atoms with Gasteiger partial charge in [-0.25, -0.2) is 0 Å². The quantitative estimate of drug-likeness (QED) is 0.452. The van der Waals surface area contributed by atoms with E-state index in [4.69, 9.17) is 18.7 Å². The molecule has 34 heavy (non-hydrogen) atoms. The highest BCUT2D eigenvalue weighted by Gasteiger charge is 2.50. The van der Waals surface area contributed by atoms with Crippen molar-refractivity contribution in [3.8, 4) is 28.7 Å². The highest BCUT2D eigenvalue weighted by atomic mass is 16.6. The Morgan fingerprint density at radius 3 is 2.59 bits per heavy atom. The molecule has 1 spiro atoms. The number of para-hydroxylation sites is 1. The van der Waals surface area contributed by atoms with Crippen LogP contribution in [0.25, 0.3) is 11.5 Å². The zero-order chi connectivity index (χ0) is 22.7. The zero-order valence-electron chi connectivity index (χ0n) is 18.8. The fraction of sp³-hybridized carbons (Fsp3) is 0.259. The summed E-state index contributed by atoms with van der Waals surface area (Å²) in [6.45, 7) is 5.14. The van der Waals surface area contributed by atoms with Gasteiger partial charge in [0.05, 0.1) is 5.41 Å². The van der Waals surface area contributed by atoms with E-state index in [1.807, 2.05) is 25.1 Å². The Hall–Kier alpha value is -4.00. The molecule has 0 N–H and O–H groups in total. The molecule has 1 unspecified atom stereocenters. The molecule has 1 aromatic heterocycles. The van der Waals surface area contributed by atoms with Crippen LogP contribution in [0.2, 0.25) is 0 Å². The summed E-state index contributed by atoms with van der Waals surface area (Å²) in [4.78, 5) is 6.81. The van der Waals surface area contributed by atoms with Gasteiger partial charge in [-0.05, 0) is 42.3 Å². The SMILES string of the molecule is Cc1noc(-c2cccc(CN3CC4(COc5cc6c(cc54)OCCO6)c4ccccc43)c2)n1. The minimum absolute atomic E-state index is 0.247. The molecule has 170 valence electrons. The Kier molecular flexibility index (Phi) is 4.15. The zero-order valence-corrected chi connectivity index (χ0v) is 18.8. The van der Waals surface area contributed by atoms with Crippen molar-refractivity contribution in [1.29, 1.82) is 0 Å². The number of rotatable bonds is 3. The number of hydrogen-bond donors (Lipinski definition) is 0. The monoisotopic (exact) mass is 453 g/mol. The summed E-state index contributed by atoms with van der Waals surface area (Å²) in [5, 5.41) is 3.93. The minimum atomic E-state index is -0.247. The molecule has 3 aliphatic rings. The highest BCUT2D eigenvalue weighted by molar-refractivity contribution is 5.71. The van der Waals surface area contributed by atoms with Crippen LogP contribution < -0.4 is 19.1 Å². The van der Waals surface area contributed by atoms with Crippen molar-refractivity contribution in [2.24, 2.45) is 0 Å². The second-order valence-corrected chi connectivity index (χ2v) is 9.08. The minimum Gasteiger partial charge on any atom is -0.492 e. The van der Waals surface area contributed by atoms with Crippen LogP contribution in [0, 0.1) is 6.92 Å². The molecule has 0 amide bonds. The highest BCUT2D eigenvalue weighted by Crippen LogP contribution is 2.54. The summed E-state index contributed by atoms with van der Waals surface area (Å²) in [7, 11) is 0. The molecule has 0 fully saturated rings. The van der Waals surface area contributed by atoms with Gasteiger partial charge < -0.3 is 23.6 Å². The third kappa shape index (κ3) is 2.89. The molecule has 3 aliphatic heterocycles. The van der Waals surface area contributed by atoms with Gasteiger partial charge in [0.2, 0.25) is 0 Å². The summed E-state index contributed by atoms with van der Waals surface area (Å²) in [5.74, 6) is 3.62. The van der Waals surface area contributed by atoms with E-state index in [1.54, 1.807) is 0 Å². The number of anilines is 1. The Bertz CT molecular complexity index is 1410. The molecule has 7 heteroatoms. The average molecular weight is 453 g/mol. The normalized spacial score (nSPS) is 19.7. The predicted octanol–water partition coefficient (Wildman–Crippen LogP) is 4.51. The molecule has 3 aromatic carbocycles. The summed E-state index contributed by atoms with van der Waals surface area (Å²) in [6.07, 6.45) is 0. The van der Waals surface area contributed by atoms with E-state index in [-0.39, 0.29) is 5.41 Å². The van der Waals surface area contributed by atoms with Crippen LogP contribution in [0.3, 0.4) is 0 Å². The Labute approximate surface area is 196 Å².